The molecule has 2 aromatic carbocycles. The highest BCUT2D eigenvalue weighted by atomic mass is 16.5. The van der Waals surface area contributed by atoms with Crippen molar-refractivity contribution in [3.63, 3.8) is 0 Å². The van der Waals surface area contributed by atoms with Crippen molar-refractivity contribution in [1.82, 2.24) is 9.88 Å². The van der Waals surface area contributed by atoms with Gasteiger partial charge in [-0.2, -0.15) is 0 Å². The summed E-state index contributed by atoms with van der Waals surface area (Å²) in [6, 6.07) is 17.5. The fraction of sp³-hybridized carbons (Fsp3) is 0.276. The number of benzene rings is 2. The number of aromatic nitrogens is 1. The maximum atomic E-state index is 13.3. The van der Waals surface area contributed by atoms with Gasteiger partial charge in [-0.15, -0.1) is 0 Å². The number of unbranched alkanes of at least 4 members (excludes halogenated alkanes) is 1. The predicted octanol–water partition coefficient (Wildman–Crippen LogP) is 4.95. The number of aliphatic hydroxyl groups is 1. The Morgan fingerprint density at radius 3 is 2.44 bits per heavy atom. The maximum absolute atomic E-state index is 13.3. The van der Waals surface area contributed by atoms with Gasteiger partial charge in [-0.1, -0.05) is 37.6 Å². The first kappa shape index (κ1) is 25.0. The molecule has 7 nitrogen and oxygen atoms in total. The van der Waals surface area contributed by atoms with E-state index in [9.17, 15) is 14.7 Å². The Balaban J connectivity index is 1.79. The predicted molar refractivity (Wildman–Crippen MR) is 140 cm³/mol. The molecule has 1 amide bonds. The fourth-order valence-electron chi connectivity index (χ4n) is 4.25. The molecule has 0 saturated carbocycles. The van der Waals surface area contributed by atoms with Crippen LogP contribution in [-0.2, 0) is 16.1 Å². The van der Waals surface area contributed by atoms with Crippen LogP contribution in [0, 0.1) is 0 Å². The van der Waals surface area contributed by atoms with Crippen molar-refractivity contribution in [3.8, 4) is 5.75 Å². The number of ketones is 1. The molecular formula is C29H31N3O4. The number of pyridine rings is 1. The molecule has 0 spiro atoms. The summed E-state index contributed by atoms with van der Waals surface area (Å²) in [5, 5.41) is 11.4. The molecule has 186 valence electrons. The maximum Gasteiger partial charge on any atom is 0.295 e. The Morgan fingerprint density at radius 2 is 1.78 bits per heavy atom. The number of likely N-dealkylation sites (tertiary alicyclic amines) is 1. The van der Waals surface area contributed by atoms with E-state index in [1.54, 1.807) is 30.6 Å². The fourth-order valence-corrected chi connectivity index (χ4v) is 4.25. The van der Waals surface area contributed by atoms with E-state index in [1.165, 1.54) is 4.90 Å². The minimum absolute atomic E-state index is 0.0670. The van der Waals surface area contributed by atoms with Crippen LogP contribution < -0.4 is 9.64 Å². The molecule has 1 atom stereocenters. The van der Waals surface area contributed by atoms with Crippen LogP contribution in [0.1, 0.15) is 42.5 Å². The number of hydrogen-bond acceptors (Lipinski definition) is 6. The topological polar surface area (TPSA) is 83.0 Å². The lowest BCUT2D eigenvalue weighted by Crippen LogP contribution is -2.29. The second kappa shape index (κ2) is 11.1. The van der Waals surface area contributed by atoms with Gasteiger partial charge < -0.3 is 19.6 Å². The average molecular weight is 486 g/mol. The molecule has 1 aromatic heterocycles. The third kappa shape index (κ3) is 5.25. The summed E-state index contributed by atoms with van der Waals surface area (Å²) in [6.07, 6.45) is 5.22. The van der Waals surface area contributed by atoms with E-state index < -0.39 is 17.7 Å². The van der Waals surface area contributed by atoms with E-state index in [0.29, 0.717) is 17.9 Å². The first-order chi connectivity index (χ1) is 17.4. The molecule has 1 aliphatic heterocycles. The van der Waals surface area contributed by atoms with E-state index in [4.69, 9.17) is 4.74 Å². The average Bonchev–Trinajstić information content (AvgIpc) is 3.14. The van der Waals surface area contributed by atoms with Gasteiger partial charge in [-0.25, -0.2) is 0 Å². The molecule has 7 heteroatoms. The molecule has 0 radical (unpaired) electrons. The molecule has 1 fully saturated rings. The van der Waals surface area contributed by atoms with Crippen LogP contribution >= 0.6 is 0 Å². The number of aliphatic hydroxyl groups excluding tert-OH is 1. The summed E-state index contributed by atoms with van der Waals surface area (Å²) >= 11 is 0. The van der Waals surface area contributed by atoms with Crippen molar-refractivity contribution < 1.29 is 19.4 Å². The van der Waals surface area contributed by atoms with Crippen molar-refractivity contribution in [1.29, 1.82) is 0 Å². The van der Waals surface area contributed by atoms with Crippen LogP contribution in [0.25, 0.3) is 5.76 Å². The molecule has 1 unspecified atom stereocenters. The van der Waals surface area contributed by atoms with E-state index in [-0.39, 0.29) is 17.9 Å². The zero-order chi connectivity index (χ0) is 25.7. The highest BCUT2D eigenvalue weighted by Crippen LogP contribution is 2.41. The number of hydrogen-bond donors (Lipinski definition) is 1. The van der Waals surface area contributed by atoms with Gasteiger partial charge in [0, 0.05) is 44.3 Å². The van der Waals surface area contributed by atoms with Crippen LogP contribution in [0.4, 0.5) is 5.69 Å². The Kier molecular flexibility index (Phi) is 7.68. The Hall–Kier alpha value is -4.13. The van der Waals surface area contributed by atoms with Crippen LogP contribution in [0.15, 0.2) is 78.6 Å². The van der Waals surface area contributed by atoms with Gasteiger partial charge >= 0.3 is 0 Å². The SMILES string of the molecule is CCCCOc1cccc(C(O)=C2C(=O)C(=O)N(Cc3ccncc3)C2c2ccc(N(C)C)cc2)c1. The lowest BCUT2D eigenvalue weighted by atomic mass is 9.95. The minimum atomic E-state index is -0.737. The summed E-state index contributed by atoms with van der Waals surface area (Å²) in [7, 11) is 3.89. The third-order valence-electron chi connectivity index (χ3n) is 6.24. The third-order valence-corrected chi connectivity index (χ3v) is 6.24. The monoisotopic (exact) mass is 485 g/mol. The Bertz CT molecular complexity index is 1250. The van der Waals surface area contributed by atoms with Crippen molar-refractivity contribution >= 4 is 23.1 Å². The van der Waals surface area contributed by atoms with Gasteiger partial charge in [0.1, 0.15) is 11.5 Å². The van der Waals surface area contributed by atoms with Gasteiger partial charge in [-0.3, -0.25) is 14.6 Å². The van der Waals surface area contributed by atoms with E-state index in [1.807, 2.05) is 61.5 Å². The Labute approximate surface area is 211 Å². The molecule has 36 heavy (non-hydrogen) atoms. The van der Waals surface area contributed by atoms with Crippen LogP contribution in [0.3, 0.4) is 0 Å². The number of carbonyl (C=O) groups is 2. The second-order valence-electron chi connectivity index (χ2n) is 9.00. The zero-order valence-corrected chi connectivity index (χ0v) is 20.8. The minimum Gasteiger partial charge on any atom is -0.507 e. The molecule has 1 aliphatic rings. The number of anilines is 1. The summed E-state index contributed by atoms with van der Waals surface area (Å²) in [6.45, 7) is 2.86. The second-order valence-corrected chi connectivity index (χ2v) is 9.00. The summed E-state index contributed by atoms with van der Waals surface area (Å²) in [5.41, 5.74) is 3.07. The molecule has 2 heterocycles. The molecule has 3 aromatic rings. The van der Waals surface area contributed by atoms with Crippen molar-refractivity contribution in [2.75, 3.05) is 25.6 Å². The number of ether oxygens (including phenoxy) is 1. The van der Waals surface area contributed by atoms with Crippen LogP contribution in [-0.4, -0.2) is 47.4 Å². The summed E-state index contributed by atoms with van der Waals surface area (Å²) < 4.78 is 5.79. The zero-order valence-electron chi connectivity index (χ0n) is 20.8. The molecule has 1 saturated heterocycles. The normalized spacial score (nSPS) is 16.9. The van der Waals surface area contributed by atoms with Gasteiger partial charge in [-0.05, 0) is 53.9 Å². The Morgan fingerprint density at radius 1 is 1.06 bits per heavy atom. The molecule has 0 aliphatic carbocycles. The number of Topliss-reactive ketones (excluding diaryl/α,β-unsaturated/α-hetero) is 1. The number of rotatable bonds is 9. The first-order valence-electron chi connectivity index (χ1n) is 12.1. The van der Waals surface area contributed by atoms with Crippen LogP contribution in [0.5, 0.6) is 5.75 Å². The lowest BCUT2D eigenvalue weighted by Gasteiger charge is -2.26. The van der Waals surface area contributed by atoms with E-state index in [2.05, 4.69) is 11.9 Å². The molecule has 4 rings (SSSR count). The standard InChI is InChI=1S/C29H31N3O4/c1-4-5-17-36-24-8-6-7-22(18-24)27(33)25-26(21-9-11-23(12-10-21)31(2)3)32(29(35)28(25)34)19-20-13-15-30-16-14-20/h6-16,18,26,33H,4-5,17,19H2,1-3H3. The summed E-state index contributed by atoms with van der Waals surface area (Å²) in [4.78, 5) is 34.1. The van der Waals surface area contributed by atoms with Crippen molar-refractivity contribution in [2.45, 2.75) is 32.4 Å². The first-order valence-corrected chi connectivity index (χ1v) is 12.1. The van der Waals surface area contributed by atoms with Gasteiger partial charge in [0.05, 0.1) is 18.2 Å². The number of nitrogens with zero attached hydrogens (tertiary/aromatic N) is 3. The van der Waals surface area contributed by atoms with Crippen molar-refractivity contribution in [2.24, 2.45) is 0 Å². The van der Waals surface area contributed by atoms with E-state index in [0.717, 1.165) is 29.7 Å². The van der Waals surface area contributed by atoms with Crippen molar-refractivity contribution in [3.05, 3.63) is 95.3 Å². The smallest absolute Gasteiger partial charge is 0.295 e. The highest BCUT2D eigenvalue weighted by Gasteiger charge is 2.46. The molecule has 0 bridgehead atoms. The van der Waals surface area contributed by atoms with Gasteiger partial charge in [0.25, 0.3) is 11.7 Å². The largest absolute Gasteiger partial charge is 0.507 e. The molecular weight excluding hydrogens is 454 g/mol. The molecule has 1 N–H and O–H groups in total. The van der Waals surface area contributed by atoms with E-state index >= 15 is 0 Å². The van der Waals surface area contributed by atoms with Gasteiger partial charge in [0.15, 0.2) is 0 Å². The highest BCUT2D eigenvalue weighted by molar-refractivity contribution is 6.46. The summed E-state index contributed by atoms with van der Waals surface area (Å²) in [5.74, 6) is -0.968. The lowest BCUT2D eigenvalue weighted by molar-refractivity contribution is -0.140. The van der Waals surface area contributed by atoms with Crippen LogP contribution in [0.2, 0.25) is 0 Å². The quantitative estimate of drug-likeness (QED) is 0.200. The number of amides is 1. The van der Waals surface area contributed by atoms with Gasteiger partial charge in [0.2, 0.25) is 0 Å². The number of carbonyl (C=O) groups excluding carboxylic acids is 2.